The van der Waals surface area contributed by atoms with E-state index in [0.717, 1.165) is 11.3 Å². The van der Waals surface area contributed by atoms with Crippen molar-refractivity contribution in [2.45, 2.75) is 6.04 Å². The second-order valence-electron chi connectivity index (χ2n) is 5.53. The summed E-state index contributed by atoms with van der Waals surface area (Å²) >= 11 is 0. The molecule has 3 rings (SSSR count). The molecule has 0 saturated carbocycles. The highest BCUT2D eigenvalue weighted by Gasteiger charge is 2.32. The van der Waals surface area contributed by atoms with E-state index in [0.29, 0.717) is 6.54 Å². The van der Waals surface area contributed by atoms with Gasteiger partial charge >= 0.3 is 0 Å². The highest BCUT2D eigenvalue weighted by Crippen LogP contribution is 2.27. The molecule has 1 heterocycles. The lowest BCUT2D eigenvalue weighted by Gasteiger charge is -2.27. The Morgan fingerprint density at radius 1 is 0.913 bits per heavy atom. The van der Waals surface area contributed by atoms with E-state index in [1.807, 2.05) is 60.7 Å². The van der Waals surface area contributed by atoms with Crippen molar-refractivity contribution in [3.63, 3.8) is 0 Å². The number of rotatable bonds is 4. The summed E-state index contributed by atoms with van der Waals surface area (Å²) in [5.74, 6) is -0.669. The lowest BCUT2D eigenvalue weighted by atomic mass is 9.91. The topological polar surface area (TPSA) is 70.2 Å². The molecule has 0 aliphatic carbocycles. The first-order chi connectivity index (χ1) is 11.2. The fourth-order valence-corrected chi connectivity index (χ4v) is 2.74. The van der Waals surface area contributed by atoms with Crippen LogP contribution in [0.2, 0.25) is 0 Å². The number of nitrogens with one attached hydrogen (secondary N) is 3. The summed E-state index contributed by atoms with van der Waals surface area (Å²) in [5.41, 5.74) is 1.94. The maximum absolute atomic E-state index is 12.4. The fraction of sp³-hybridized carbons (Fsp3) is 0.222. The van der Waals surface area contributed by atoms with Gasteiger partial charge in [0.15, 0.2) is 0 Å². The van der Waals surface area contributed by atoms with Gasteiger partial charge in [0.1, 0.15) is 0 Å². The van der Waals surface area contributed by atoms with Crippen LogP contribution in [0, 0.1) is 5.92 Å². The molecule has 1 aliphatic rings. The maximum Gasteiger partial charge on any atom is 0.239 e. The molecule has 0 bridgehead atoms. The van der Waals surface area contributed by atoms with Gasteiger partial charge in [-0.05, 0) is 17.7 Å². The van der Waals surface area contributed by atoms with E-state index in [1.165, 1.54) is 0 Å². The molecule has 5 heteroatoms. The quantitative estimate of drug-likeness (QED) is 0.805. The lowest BCUT2D eigenvalue weighted by molar-refractivity contribution is -0.126. The molecule has 2 atom stereocenters. The van der Waals surface area contributed by atoms with E-state index in [4.69, 9.17) is 0 Å². The van der Waals surface area contributed by atoms with E-state index < -0.39 is 0 Å². The zero-order valence-corrected chi connectivity index (χ0v) is 12.7. The van der Waals surface area contributed by atoms with Crippen LogP contribution in [0.15, 0.2) is 60.7 Å². The summed E-state index contributed by atoms with van der Waals surface area (Å²) in [6, 6.07) is 19.3. The van der Waals surface area contributed by atoms with Gasteiger partial charge in [-0.25, -0.2) is 0 Å². The zero-order valence-electron chi connectivity index (χ0n) is 12.7. The fourth-order valence-electron chi connectivity index (χ4n) is 2.74. The van der Waals surface area contributed by atoms with Gasteiger partial charge in [-0.3, -0.25) is 9.59 Å². The average Bonchev–Trinajstić information content (AvgIpc) is 2.76. The van der Waals surface area contributed by atoms with Crippen molar-refractivity contribution in [1.82, 2.24) is 10.6 Å². The van der Waals surface area contributed by atoms with Gasteiger partial charge in [-0.15, -0.1) is 0 Å². The highest BCUT2D eigenvalue weighted by atomic mass is 16.2. The van der Waals surface area contributed by atoms with Gasteiger partial charge < -0.3 is 16.0 Å². The Labute approximate surface area is 135 Å². The van der Waals surface area contributed by atoms with E-state index in [1.54, 1.807) is 0 Å². The Kier molecular flexibility index (Phi) is 4.57. The van der Waals surface area contributed by atoms with Crippen LogP contribution in [0.5, 0.6) is 0 Å². The molecule has 5 nitrogen and oxygen atoms in total. The second-order valence-corrected chi connectivity index (χ2v) is 5.53. The number of benzene rings is 2. The first-order valence-corrected chi connectivity index (χ1v) is 7.65. The molecule has 1 fully saturated rings. The highest BCUT2D eigenvalue weighted by molar-refractivity contribution is 5.89. The molecule has 2 aromatic rings. The predicted molar refractivity (Wildman–Crippen MR) is 88.8 cm³/mol. The number of para-hydroxylation sites is 1. The summed E-state index contributed by atoms with van der Waals surface area (Å²) < 4.78 is 0. The number of hydrogen-bond acceptors (Lipinski definition) is 3. The average molecular weight is 309 g/mol. The molecular formula is C18H19N3O2. The summed E-state index contributed by atoms with van der Waals surface area (Å²) in [5, 5.41) is 8.91. The third-order valence-corrected chi connectivity index (χ3v) is 3.94. The predicted octanol–water partition coefficient (Wildman–Crippen LogP) is 1.70. The SMILES string of the molecule is O=C1CNC(=O)[C@@H]([C@@H](Nc2ccccc2)c2ccccc2)CN1. The Hall–Kier alpha value is -2.82. The minimum absolute atomic E-state index is 0.0299. The van der Waals surface area contributed by atoms with Crippen LogP contribution in [0.1, 0.15) is 11.6 Å². The Bertz CT molecular complexity index is 673. The van der Waals surface area contributed by atoms with Gasteiger partial charge in [0.05, 0.1) is 18.5 Å². The van der Waals surface area contributed by atoms with Crippen LogP contribution >= 0.6 is 0 Å². The van der Waals surface area contributed by atoms with Crippen LogP contribution in [0.4, 0.5) is 5.69 Å². The molecule has 2 amide bonds. The van der Waals surface area contributed by atoms with Gasteiger partial charge in [0, 0.05) is 12.2 Å². The van der Waals surface area contributed by atoms with E-state index in [-0.39, 0.29) is 30.3 Å². The molecule has 118 valence electrons. The molecule has 1 aliphatic heterocycles. The monoisotopic (exact) mass is 309 g/mol. The molecule has 0 spiro atoms. The van der Waals surface area contributed by atoms with Crippen molar-refractivity contribution >= 4 is 17.5 Å². The van der Waals surface area contributed by atoms with Crippen molar-refractivity contribution in [3.05, 3.63) is 66.2 Å². The van der Waals surface area contributed by atoms with Crippen molar-refractivity contribution in [3.8, 4) is 0 Å². The Morgan fingerprint density at radius 2 is 1.57 bits per heavy atom. The summed E-state index contributed by atoms with van der Waals surface area (Å²) in [6.45, 7) is 0.340. The van der Waals surface area contributed by atoms with Crippen molar-refractivity contribution < 1.29 is 9.59 Å². The maximum atomic E-state index is 12.4. The van der Waals surface area contributed by atoms with Gasteiger partial charge in [-0.1, -0.05) is 48.5 Å². The minimum Gasteiger partial charge on any atom is -0.377 e. The zero-order chi connectivity index (χ0) is 16.1. The number of carbonyl (C=O) groups excluding carboxylic acids is 2. The van der Waals surface area contributed by atoms with Crippen LogP contribution in [0.3, 0.4) is 0 Å². The molecule has 23 heavy (non-hydrogen) atoms. The first-order valence-electron chi connectivity index (χ1n) is 7.65. The minimum atomic E-state index is -0.385. The molecule has 0 unspecified atom stereocenters. The second kappa shape index (κ2) is 6.96. The number of anilines is 1. The molecule has 1 saturated heterocycles. The molecule has 2 aromatic carbocycles. The molecular weight excluding hydrogens is 290 g/mol. The Balaban J connectivity index is 1.91. The third kappa shape index (κ3) is 3.69. The van der Waals surface area contributed by atoms with E-state index >= 15 is 0 Å². The standard InChI is InChI=1S/C18H19N3O2/c22-16-12-20-18(23)15(11-19-16)17(13-7-3-1-4-8-13)21-14-9-5-2-6-10-14/h1-10,15,17,21H,11-12H2,(H,19,22)(H,20,23)/t15-,17+/m1/s1. The number of carbonyl (C=O) groups is 2. The summed E-state index contributed by atoms with van der Waals surface area (Å²) in [6.07, 6.45) is 0. The van der Waals surface area contributed by atoms with Crippen molar-refractivity contribution in [1.29, 1.82) is 0 Å². The number of amides is 2. The normalized spacial score (nSPS) is 19.2. The summed E-state index contributed by atoms with van der Waals surface area (Å²) in [7, 11) is 0. The van der Waals surface area contributed by atoms with Gasteiger partial charge in [0.2, 0.25) is 11.8 Å². The Morgan fingerprint density at radius 3 is 2.26 bits per heavy atom. The molecule has 3 N–H and O–H groups in total. The molecule has 0 aromatic heterocycles. The lowest BCUT2D eigenvalue weighted by Crippen LogP contribution is -2.38. The smallest absolute Gasteiger partial charge is 0.239 e. The van der Waals surface area contributed by atoms with E-state index in [2.05, 4.69) is 16.0 Å². The van der Waals surface area contributed by atoms with Crippen molar-refractivity contribution in [2.24, 2.45) is 5.92 Å². The van der Waals surface area contributed by atoms with Gasteiger partial charge in [-0.2, -0.15) is 0 Å². The summed E-state index contributed by atoms with van der Waals surface area (Å²) in [4.78, 5) is 24.0. The van der Waals surface area contributed by atoms with Crippen LogP contribution in [-0.2, 0) is 9.59 Å². The largest absolute Gasteiger partial charge is 0.377 e. The number of hydrogen-bond donors (Lipinski definition) is 3. The van der Waals surface area contributed by atoms with Crippen molar-refractivity contribution in [2.75, 3.05) is 18.4 Å². The van der Waals surface area contributed by atoms with Crippen LogP contribution in [0.25, 0.3) is 0 Å². The third-order valence-electron chi connectivity index (χ3n) is 3.94. The molecule has 0 radical (unpaired) electrons. The van der Waals surface area contributed by atoms with Crippen LogP contribution < -0.4 is 16.0 Å². The van der Waals surface area contributed by atoms with E-state index in [9.17, 15) is 9.59 Å². The van der Waals surface area contributed by atoms with Crippen LogP contribution in [-0.4, -0.2) is 24.9 Å². The first kappa shape index (κ1) is 15.1. The van der Waals surface area contributed by atoms with Gasteiger partial charge in [0.25, 0.3) is 0 Å².